The Balaban J connectivity index is 1.13. The van der Waals surface area contributed by atoms with E-state index in [1.165, 1.54) is 42.5 Å². The molecular formula is C67H98N12O14S. The summed E-state index contributed by atoms with van der Waals surface area (Å²) in [5, 5.41) is 19.4. The van der Waals surface area contributed by atoms with Gasteiger partial charge < -0.3 is 61.6 Å². The van der Waals surface area contributed by atoms with E-state index in [0.29, 0.717) is 62.7 Å². The number of primary amides is 1. The van der Waals surface area contributed by atoms with Gasteiger partial charge in [-0.3, -0.25) is 53.0 Å². The third kappa shape index (κ3) is 22.7. The van der Waals surface area contributed by atoms with Gasteiger partial charge in [0, 0.05) is 83.8 Å². The zero-order valence-corrected chi connectivity index (χ0v) is 57.0. The Morgan fingerprint density at radius 1 is 0.766 bits per heavy atom. The number of imide groups is 1. The minimum atomic E-state index is -1.11. The normalized spacial score (nSPS) is 16.6. The van der Waals surface area contributed by atoms with Crippen LogP contribution in [0.4, 0.5) is 15.3 Å². The van der Waals surface area contributed by atoms with Crippen molar-refractivity contribution in [2.75, 3.05) is 59.8 Å². The standard InChI is InChI=1S/C67H98N12O14S/c1-12-43(6)59(51(91-10)38-55(83)78-35-20-24-50(78)60(92-11)44(7)61(85)74-49(65-69-33-36-94-65)37-45-21-15-13-16-22-45)76(8)56(84)39-71-64(88)58(42(4)5)77(9)67(90)93-40-46-26-28-47(29-27-46)72-62(86)48(23-19-32-70-66(68)89)73-63(87)57(41(2)3)75-52(80)25-17-14-18-34-79-53(81)30-31-54(79)82/h13,15-16,21-22,26-31,33,36,41-44,48-51,57-60H,12,14,17-20,23-25,32,34-35,37-40H2,1-11H3,(H,71,88)(H,72,86)(H,73,87)(H,74,85)(H,75,80)(H3,68,70,89)/t43-,44+,48-,49-,50-,51+,57?,58?,59-,60+/m0/s1. The highest BCUT2D eigenvalue weighted by Crippen LogP contribution is 2.31. The minimum Gasteiger partial charge on any atom is -0.445 e. The number of nitrogens with two attached hydrogens (primary N) is 1. The number of likely N-dealkylation sites (tertiary alicyclic amines) is 1. The fourth-order valence-corrected chi connectivity index (χ4v) is 12.6. The van der Waals surface area contributed by atoms with Crippen LogP contribution in [-0.2, 0) is 70.4 Å². The number of ether oxygens (including phenoxy) is 3. The second kappa shape index (κ2) is 38.2. The Bertz CT molecular complexity index is 3020. The van der Waals surface area contributed by atoms with Crippen molar-refractivity contribution in [3.8, 4) is 0 Å². The number of benzene rings is 2. The molecule has 8 N–H and O–H groups in total. The third-order valence-electron chi connectivity index (χ3n) is 17.3. The number of nitrogens with zero attached hydrogens (tertiary/aromatic N) is 5. The minimum absolute atomic E-state index is 0.0680. The molecule has 3 aromatic rings. The number of hydrogen-bond acceptors (Lipinski definition) is 16. The second-order valence-electron chi connectivity index (χ2n) is 24.8. The molecule has 0 saturated carbocycles. The van der Waals surface area contributed by atoms with Crippen molar-refractivity contribution in [1.29, 1.82) is 0 Å². The van der Waals surface area contributed by atoms with Crippen molar-refractivity contribution >= 4 is 82.3 Å². The van der Waals surface area contributed by atoms with Crippen LogP contribution in [0.2, 0.25) is 0 Å². The highest BCUT2D eigenvalue weighted by molar-refractivity contribution is 7.09. The molecule has 5 rings (SSSR count). The van der Waals surface area contributed by atoms with Crippen molar-refractivity contribution in [1.82, 2.24) is 51.2 Å². The van der Waals surface area contributed by atoms with E-state index in [4.69, 9.17) is 19.9 Å². The zero-order valence-electron chi connectivity index (χ0n) is 56.2. The number of carbonyl (C=O) groups is 11. The van der Waals surface area contributed by atoms with Gasteiger partial charge in [-0.05, 0) is 86.0 Å². The molecule has 0 bridgehead atoms. The molecule has 3 heterocycles. The summed E-state index contributed by atoms with van der Waals surface area (Å²) < 4.78 is 17.7. The van der Waals surface area contributed by atoms with E-state index in [1.807, 2.05) is 56.5 Å². The number of amides is 12. The first-order chi connectivity index (χ1) is 44.8. The molecule has 1 fully saturated rings. The number of aromatic nitrogens is 1. The highest BCUT2D eigenvalue weighted by Gasteiger charge is 2.43. The summed E-state index contributed by atoms with van der Waals surface area (Å²) >= 11 is 1.47. The maximum absolute atomic E-state index is 14.5. The lowest BCUT2D eigenvalue weighted by Gasteiger charge is -2.39. The average Bonchev–Trinajstić information content (AvgIpc) is 1.50. The summed E-state index contributed by atoms with van der Waals surface area (Å²) in [5.74, 6) is -5.37. The SMILES string of the molecule is CC[C@H](C)[C@@H]([C@@H](CC(=O)N1CCC[C@H]1[C@H](OC)[C@@H](C)C(=O)N[C@@H](Cc1ccccc1)c1nccs1)OC)N(C)C(=O)CNC(=O)C(C(C)C)N(C)C(=O)OCc1ccc(NC(=O)[C@H](CCCNC(N)=O)NC(=O)C(NC(=O)CCCCCN2C(=O)C=CC2=O)C(C)C)cc1. The Labute approximate surface area is 555 Å². The van der Waals surface area contributed by atoms with Gasteiger partial charge in [0.2, 0.25) is 41.4 Å². The van der Waals surface area contributed by atoms with Gasteiger partial charge in [0.05, 0.1) is 49.2 Å². The maximum atomic E-state index is 14.5. The Morgan fingerprint density at radius 3 is 2.06 bits per heavy atom. The van der Waals surface area contributed by atoms with Crippen molar-refractivity contribution in [2.24, 2.45) is 29.4 Å². The Hall–Kier alpha value is -8.30. The van der Waals surface area contributed by atoms with E-state index >= 15 is 0 Å². The summed E-state index contributed by atoms with van der Waals surface area (Å²) in [4.78, 5) is 156. The van der Waals surface area contributed by atoms with E-state index in [0.717, 1.165) is 20.4 Å². The molecule has 1 saturated heterocycles. The van der Waals surface area contributed by atoms with Crippen LogP contribution in [0.5, 0.6) is 0 Å². The van der Waals surface area contributed by atoms with Crippen molar-refractivity contribution in [3.63, 3.8) is 0 Å². The fourth-order valence-electron chi connectivity index (χ4n) is 11.9. The Kier molecular flexibility index (Phi) is 31.0. The molecule has 0 spiro atoms. The van der Waals surface area contributed by atoms with Crippen LogP contribution >= 0.6 is 11.3 Å². The van der Waals surface area contributed by atoms with Crippen LogP contribution in [0.1, 0.15) is 135 Å². The number of unbranched alkanes of at least 4 members (excludes halogenated alkanes) is 2. The van der Waals surface area contributed by atoms with Crippen molar-refractivity contribution in [3.05, 3.63) is 94.5 Å². The fraction of sp³-hybridized carbons (Fsp3) is 0.582. The molecule has 26 nitrogen and oxygen atoms in total. The quantitative estimate of drug-likeness (QED) is 0.0280. The number of rotatable bonds is 38. The molecule has 27 heteroatoms. The molecule has 12 amide bonds. The van der Waals surface area contributed by atoms with Crippen LogP contribution in [0.15, 0.2) is 78.3 Å². The number of carbonyl (C=O) groups excluding carboxylic acids is 11. The van der Waals surface area contributed by atoms with Gasteiger partial charge in [-0.25, -0.2) is 14.6 Å². The lowest BCUT2D eigenvalue weighted by atomic mass is 9.90. The largest absolute Gasteiger partial charge is 0.445 e. The molecular weight excluding hydrogens is 1230 g/mol. The van der Waals surface area contributed by atoms with E-state index in [1.54, 1.807) is 77.2 Å². The molecule has 0 aliphatic carbocycles. The van der Waals surface area contributed by atoms with Crippen molar-refractivity contribution in [2.45, 2.75) is 174 Å². The third-order valence-corrected chi connectivity index (χ3v) is 18.2. The number of urea groups is 1. The van der Waals surface area contributed by atoms with Crippen LogP contribution in [-0.4, -0.2) is 187 Å². The predicted molar refractivity (Wildman–Crippen MR) is 354 cm³/mol. The monoisotopic (exact) mass is 1330 g/mol. The first kappa shape index (κ1) is 76.4. The van der Waals surface area contributed by atoms with Crippen molar-refractivity contribution < 1.29 is 67.0 Å². The molecule has 2 aliphatic rings. The molecule has 1 aromatic heterocycles. The van der Waals surface area contributed by atoms with Crippen LogP contribution in [0.3, 0.4) is 0 Å². The van der Waals surface area contributed by atoms with Gasteiger partial charge in [-0.2, -0.15) is 0 Å². The summed E-state index contributed by atoms with van der Waals surface area (Å²) in [6.07, 6.45) is 6.33. The van der Waals surface area contributed by atoms with Gasteiger partial charge >= 0.3 is 12.1 Å². The van der Waals surface area contributed by atoms with E-state index in [2.05, 4.69) is 36.9 Å². The molecule has 10 atom stereocenters. The number of nitrogens with one attached hydrogen (secondary N) is 6. The summed E-state index contributed by atoms with van der Waals surface area (Å²) in [6, 6.07) is 11.0. The lowest BCUT2D eigenvalue weighted by Crippen LogP contribution is -2.55. The average molecular weight is 1330 g/mol. The first-order valence-electron chi connectivity index (χ1n) is 32.4. The van der Waals surface area contributed by atoms with Gasteiger partial charge in [-0.1, -0.05) is 104 Å². The molecule has 2 aliphatic heterocycles. The van der Waals surface area contributed by atoms with Gasteiger partial charge in [0.25, 0.3) is 11.8 Å². The maximum Gasteiger partial charge on any atom is 0.410 e. The van der Waals surface area contributed by atoms with Crippen LogP contribution in [0, 0.1) is 23.7 Å². The molecule has 2 unspecified atom stereocenters. The summed E-state index contributed by atoms with van der Waals surface area (Å²) in [7, 11) is 6.08. The summed E-state index contributed by atoms with van der Waals surface area (Å²) in [5.41, 5.74) is 7.15. The zero-order chi connectivity index (χ0) is 69.2. The number of likely N-dealkylation sites (N-methyl/N-ethyl adjacent to an activating group) is 2. The topological polar surface area (TPSA) is 340 Å². The molecule has 516 valence electrons. The van der Waals surface area contributed by atoms with Gasteiger partial charge in [0.1, 0.15) is 29.7 Å². The van der Waals surface area contributed by atoms with Gasteiger partial charge in [0.15, 0.2) is 0 Å². The number of thiazole rings is 1. The van der Waals surface area contributed by atoms with E-state index in [9.17, 15) is 52.7 Å². The van der Waals surface area contributed by atoms with Gasteiger partial charge in [-0.15, -0.1) is 11.3 Å². The van der Waals surface area contributed by atoms with E-state index < -0.39 is 96.6 Å². The summed E-state index contributed by atoms with van der Waals surface area (Å²) in [6.45, 7) is 12.9. The highest BCUT2D eigenvalue weighted by atomic mass is 32.1. The van der Waals surface area contributed by atoms with Crippen LogP contribution in [0.25, 0.3) is 0 Å². The molecule has 94 heavy (non-hydrogen) atoms. The number of methoxy groups -OCH3 is 2. The lowest BCUT2D eigenvalue weighted by molar-refractivity contribution is -0.146. The smallest absolute Gasteiger partial charge is 0.410 e. The molecule has 2 aromatic carbocycles. The Morgan fingerprint density at radius 2 is 1.46 bits per heavy atom. The van der Waals surface area contributed by atoms with Crippen LogP contribution < -0.4 is 37.6 Å². The second-order valence-corrected chi connectivity index (χ2v) is 25.7. The predicted octanol–water partition coefficient (Wildman–Crippen LogP) is 5.37. The molecule has 0 radical (unpaired) electrons. The van der Waals surface area contributed by atoms with E-state index in [-0.39, 0.29) is 92.8 Å². The first-order valence-corrected chi connectivity index (χ1v) is 33.3. The number of anilines is 1. The number of hydrogen-bond donors (Lipinski definition) is 7.